The summed E-state index contributed by atoms with van der Waals surface area (Å²) in [5.74, 6) is -0.913. The number of carbonyl (C=O) groups excluding carboxylic acids is 1. The van der Waals surface area contributed by atoms with Crippen LogP contribution >= 0.6 is 23.1 Å². The van der Waals surface area contributed by atoms with Gasteiger partial charge in [-0.3, -0.25) is 14.9 Å². The van der Waals surface area contributed by atoms with Crippen molar-refractivity contribution >= 4 is 45.5 Å². The van der Waals surface area contributed by atoms with Gasteiger partial charge in [0.05, 0.1) is 4.92 Å². The Labute approximate surface area is 180 Å². The lowest BCUT2D eigenvalue weighted by Gasteiger charge is -2.09. The number of carbonyl (C=O) groups is 1. The third kappa shape index (κ3) is 6.29. The van der Waals surface area contributed by atoms with Gasteiger partial charge in [0, 0.05) is 28.6 Å². The molecule has 14 heteroatoms. The number of halogens is 3. The van der Waals surface area contributed by atoms with Crippen LogP contribution < -0.4 is 15.8 Å². The number of thioether (sulfide) groups is 1. The molecule has 0 unspecified atom stereocenters. The highest BCUT2D eigenvalue weighted by Gasteiger charge is 2.31. The van der Waals surface area contributed by atoms with Crippen LogP contribution in [0.4, 0.5) is 29.7 Å². The molecule has 0 saturated carbocycles. The lowest BCUT2D eigenvalue weighted by molar-refractivity contribution is -0.385. The number of nitro groups is 1. The largest absolute Gasteiger partial charge is 0.573 e. The molecule has 0 saturated heterocycles. The van der Waals surface area contributed by atoms with Gasteiger partial charge >= 0.3 is 6.36 Å². The number of benzene rings is 2. The monoisotopic (exact) mass is 471 g/mol. The number of nitrogens with one attached hydrogen (secondary N) is 1. The van der Waals surface area contributed by atoms with Crippen LogP contribution in [0.25, 0.3) is 0 Å². The number of hydrogen-bond donors (Lipinski definition) is 2. The molecule has 31 heavy (non-hydrogen) atoms. The van der Waals surface area contributed by atoms with E-state index in [9.17, 15) is 28.1 Å². The molecule has 0 aliphatic heterocycles. The predicted octanol–water partition coefficient (Wildman–Crippen LogP) is 4.48. The first-order valence-electron chi connectivity index (χ1n) is 8.27. The average Bonchev–Trinajstić information content (AvgIpc) is 3.13. The molecule has 0 aliphatic carbocycles. The van der Waals surface area contributed by atoms with Gasteiger partial charge in [0.25, 0.3) is 5.69 Å². The summed E-state index contributed by atoms with van der Waals surface area (Å²) in [4.78, 5) is 21.9. The Kier molecular flexibility index (Phi) is 6.60. The standard InChI is InChI=1S/C17H12F3N5O4S2/c18-17(19,20)29-12-5-3-11(4-6-12)22-15-23-24-16(31-15)30-8-10-2-1-9(14(21)26)7-13(10)25(27)28/h1-7H,8H2,(H2,21,26)(H,22,23). The Morgan fingerprint density at radius 1 is 1.23 bits per heavy atom. The number of ether oxygens (including phenoxy) is 1. The van der Waals surface area contributed by atoms with Crippen molar-refractivity contribution in [2.24, 2.45) is 5.73 Å². The van der Waals surface area contributed by atoms with Crippen LogP contribution in [-0.2, 0) is 5.75 Å². The minimum absolute atomic E-state index is 0.0366. The van der Waals surface area contributed by atoms with E-state index in [1.54, 1.807) is 0 Å². The Bertz CT molecular complexity index is 1110. The minimum Gasteiger partial charge on any atom is -0.406 e. The van der Waals surface area contributed by atoms with E-state index < -0.39 is 17.2 Å². The second kappa shape index (κ2) is 9.18. The van der Waals surface area contributed by atoms with E-state index >= 15 is 0 Å². The van der Waals surface area contributed by atoms with Crippen LogP contribution in [0.15, 0.2) is 46.8 Å². The quantitative estimate of drug-likeness (QED) is 0.279. The molecule has 0 radical (unpaired) electrons. The summed E-state index contributed by atoms with van der Waals surface area (Å²) in [5, 5.41) is 22.4. The van der Waals surface area contributed by atoms with Crippen LogP contribution in [0.3, 0.4) is 0 Å². The topological polar surface area (TPSA) is 133 Å². The van der Waals surface area contributed by atoms with Crippen molar-refractivity contribution in [2.75, 3.05) is 5.32 Å². The molecule has 0 aliphatic rings. The zero-order valence-electron chi connectivity index (χ0n) is 15.3. The molecule has 3 rings (SSSR count). The maximum absolute atomic E-state index is 12.2. The van der Waals surface area contributed by atoms with Gasteiger partial charge < -0.3 is 15.8 Å². The van der Waals surface area contributed by atoms with Crippen LogP contribution in [0.5, 0.6) is 5.75 Å². The number of nitrogens with zero attached hydrogens (tertiary/aromatic N) is 3. The van der Waals surface area contributed by atoms with Crippen molar-refractivity contribution in [2.45, 2.75) is 16.5 Å². The molecule has 9 nitrogen and oxygen atoms in total. The van der Waals surface area contributed by atoms with Crippen LogP contribution in [-0.4, -0.2) is 27.4 Å². The molecule has 162 valence electrons. The highest BCUT2D eigenvalue weighted by Crippen LogP contribution is 2.33. The number of aromatic nitrogens is 2. The number of rotatable bonds is 8. The molecular formula is C17H12F3N5O4S2. The van der Waals surface area contributed by atoms with Crippen LogP contribution in [0, 0.1) is 10.1 Å². The first-order valence-corrected chi connectivity index (χ1v) is 10.1. The van der Waals surface area contributed by atoms with Crippen molar-refractivity contribution in [3.8, 4) is 5.75 Å². The summed E-state index contributed by atoms with van der Waals surface area (Å²) in [7, 11) is 0. The summed E-state index contributed by atoms with van der Waals surface area (Å²) in [6, 6.07) is 9.07. The number of alkyl halides is 3. The van der Waals surface area contributed by atoms with Gasteiger partial charge in [-0.15, -0.1) is 23.4 Å². The first kappa shape index (κ1) is 22.3. The zero-order valence-corrected chi connectivity index (χ0v) is 16.9. The second-order valence-electron chi connectivity index (χ2n) is 5.82. The summed E-state index contributed by atoms with van der Waals surface area (Å²) in [6.45, 7) is 0. The fourth-order valence-electron chi connectivity index (χ4n) is 2.33. The third-order valence-electron chi connectivity index (χ3n) is 3.66. The van der Waals surface area contributed by atoms with Gasteiger partial charge in [-0.05, 0) is 30.3 Å². The average molecular weight is 471 g/mol. The molecule has 3 N–H and O–H groups in total. The van der Waals surface area contributed by atoms with Crippen molar-refractivity contribution in [1.29, 1.82) is 0 Å². The SMILES string of the molecule is NC(=O)c1ccc(CSc2nnc(Nc3ccc(OC(F)(F)F)cc3)s2)c([N+](=O)[O-])c1. The molecule has 0 spiro atoms. The molecule has 1 heterocycles. The lowest BCUT2D eigenvalue weighted by Crippen LogP contribution is -2.16. The van der Waals surface area contributed by atoms with Gasteiger partial charge in [-0.25, -0.2) is 0 Å². The van der Waals surface area contributed by atoms with Crippen LogP contribution in [0.2, 0.25) is 0 Å². The zero-order chi connectivity index (χ0) is 22.6. The molecule has 1 aromatic heterocycles. The minimum atomic E-state index is -4.77. The highest BCUT2D eigenvalue weighted by atomic mass is 32.2. The maximum Gasteiger partial charge on any atom is 0.573 e. The number of anilines is 2. The van der Waals surface area contributed by atoms with E-state index in [-0.39, 0.29) is 22.8 Å². The third-order valence-corrected chi connectivity index (χ3v) is 5.68. The van der Waals surface area contributed by atoms with Gasteiger partial charge in [-0.1, -0.05) is 29.2 Å². The van der Waals surface area contributed by atoms with E-state index in [1.165, 1.54) is 36.0 Å². The Balaban J connectivity index is 1.63. The van der Waals surface area contributed by atoms with Crippen molar-refractivity contribution in [3.05, 3.63) is 63.7 Å². The summed E-state index contributed by atoms with van der Waals surface area (Å²) >= 11 is 2.36. The van der Waals surface area contributed by atoms with Gasteiger partial charge in [-0.2, -0.15) is 0 Å². The first-order chi connectivity index (χ1) is 14.6. The van der Waals surface area contributed by atoms with E-state index in [2.05, 4.69) is 20.3 Å². The fraction of sp³-hybridized carbons (Fsp3) is 0.118. The molecule has 3 aromatic rings. The van der Waals surface area contributed by atoms with E-state index in [4.69, 9.17) is 5.73 Å². The second-order valence-corrected chi connectivity index (χ2v) is 8.02. The molecule has 0 atom stereocenters. The van der Waals surface area contributed by atoms with Gasteiger partial charge in [0.1, 0.15) is 5.75 Å². The van der Waals surface area contributed by atoms with Crippen LogP contribution in [0.1, 0.15) is 15.9 Å². The number of amides is 1. The highest BCUT2D eigenvalue weighted by molar-refractivity contribution is 8.00. The molecule has 2 aromatic carbocycles. The summed E-state index contributed by atoms with van der Waals surface area (Å²) in [6.07, 6.45) is -4.77. The van der Waals surface area contributed by atoms with E-state index in [1.807, 2.05) is 0 Å². The lowest BCUT2D eigenvalue weighted by atomic mass is 10.1. The number of nitro benzene ring substituents is 1. The predicted molar refractivity (Wildman–Crippen MR) is 107 cm³/mol. The number of nitrogens with two attached hydrogens (primary N) is 1. The van der Waals surface area contributed by atoms with Crippen molar-refractivity contribution in [1.82, 2.24) is 10.2 Å². The Morgan fingerprint density at radius 2 is 1.94 bits per heavy atom. The van der Waals surface area contributed by atoms with E-state index in [0.717, 1.165) is 29.5 Å². The smallest absolute Gasteiger partial charge is 0.406 e. The number of primary amides is 1. The normalized spacial score (nSPS) is 11.2. The molecule has 1 amide bonds. The van der Waals surface area contributed by atoms with Gasteiger partial charge in [0.15, 0.2) is 4.34 Å². The maximum atomic E-state index is 12.2. The van der Waals surface area contributed by atoms with Crippen molar-refractivity contribution < 1.29 is 27.6 Å². The number of hydrogen-bond acceptors (Lipinski definition) is 9. The van der Waals surface area contributed by atoms with Gasteiger partial charge in [0.2, 0.25) is 11.0 Å². The van der Waals surface area contributed by atoms with Crippen molar-refractivity contribution in [3.63, 3.8) is 0 Å². The Hall–Kier alpha value is -3.39. The molecule has 0 bridgehead atoms. The fourth-order valence-corrected chi connectivity index (χ4v) is 4.10. The van der Waals surface area contributed by atoms with E-state index in [0.29, 0.717) is 20.7 Å². The summed E-state index contributed by atoms with van der Waals surface area (Å²) in [5.41, 5.74) is 5.81. The molecular weight excluding hydrogens is 459 g/mol. The Morgan fingerprint density at radius 3 is 2.55 bits per heavy atom. The summed E-state index contributed by atoms with van der Waals surface area (Å²) < 4.78 is 40.9. The molecule has 0 fully saturated rings.